The first kappa shape index (κ1) is 9.00. The molecule has 1 saturated heterocycles. The first-order chi connectivity index (χ1) is 5.01. The fourth-order valence-electron chi connectivity index (χ4n) is 1.39. The van der Waals surface area contributed by atoms with Gasteiger partial charge in [0.25, 0.3) is 0 Å². The lowest BCUT2D eigenvalue weighted by Crippen LogP contribution is -2.29. The summed E-state index contributed by atoms with van der Waals surface area (Å²) >= 11 is 0. The van der Waals surface area contributed by atoms with Crippen molar-refractivity contribution in [1.29, 1.82) is 0 Å². The van der Waals surface area contributed by atoms with E-state index < -0.39 is 9.84 Å². The van der Waals surface area contributed by atoms with Crippen LogP contribution in [-0.4, -0.2) is 31.1 Å². The predicted octanol–water partition coefficient (Wildman–Crippen LogP) is 0.192. The van der Waals surface area contributed by atoms with Crippen LogP contribution in [0.5, 0.6) is 0 Å². The third kappa shape index (κ3) is 2.45. The van der Waals surface area contributed by atoms with Gasteiger partial charge >= 0.3 is 0 Å². The molecule has 0 saturated carbocycles. The maximum atomic E-state index is 10.9. The van der Waals surface area contributed by atoms with Crippen LogP contribution in [0.25, 0.3) is 0 Å². The van der Waals surface area contributed by atoms with Crippen LogP contribution in [0, 0.1) is 5.92 Å². The summed E-state index contributed by atoms with van der Waals surface area (Å²) in [4.78, 5) is 0. The zero-order chi connectivity index (χ0) is 8.48. The number of aliphatic hydroxyl groups excluding tert-OH is 1. The average Bonchev–Trinajstić information content (AvgIpc) is 1.86. The quantitative estimate of drug-likeness (QED) is 0.623. The van der Waals surface area contributed by atoms with Crippen LogP contribution in [0.15, 0.2) is 0 Å². The molecule has 0 aromatic heterocycles. The molecule has 1 atom stereocenters. The van der Waals surface area contributed by atoms with Crippen molar-refractivity contribution in [2.24, 2.45) is 5.92 Å². The summed E-state index contributed by atoms with van der Waals surface area (Å²) in [6.07, 6.45) is 0.894. The first-order valence-electron chi connectivity index (χ1n) is 3.90. The van der Waals surface area contributed by atoms with Gasteiger partial charge in [-0.3, -0.25) is 0 Å². The van der Waals surface area contributed by atoms with Crippen molar-refractivity contribution in [3.8, 4) is 0 Å². The zero-order valence-corrected chi connectivity index (χ0v) is 7.47. The van der Waals surface area contributed by atoms with E-state index in [0.717, 1.165) is 0 Å². The van der Waals surface area contributed by atoms with Crippen molar-refractivity contribution in [2.75, 3.05) is 11.5 Å². The lowest BCUT2D eigenvalue weighted by Gasteiger charge is -2.23. The largest absolute Gasteiger partial charge is 0.393 e. The van der Waals surface area contributed by atoms with E-state index in [-0.39, 0.29) is 23.5 Å². The number of hydrogen-bond donors (Lipinski definition) is 1. The SMILES string of the molecule is CC(O)C1CCS(=O)(=O)CC1. The Morgan fingerprint density at radius 2 is 1.82 bits per heavy atom. The highest BCUT2D eigenvalue weighted by molar-refractivity contribution is 7.91. The molecule has 1 aliphatic rings. The van der Waals surface area contributed by atoms with Crippen LogP contribution in [0.4, 0.5) is 0 Å². The smallest absolute Gasteiger partial charge is 0.150 e. The molecule has 0 bridgehead atoms. The molecular formula is C7H14O3S. The summed E-state index contributed by atoms with van der Waals surface area (Å²) in [5.74, 6) is 0.698. The van der Waals surface area contributed by atoms with Crippen molar-refractivity contribution in [3.05, 3.63) is 0 Å². The Morgan fingerprint density at radius 3 is 2.18 bits per heavy atom. The van der Waals surface area contributed by atoms with Gasteiger partial charge in [0.2, 0.25) is 0 Å². The van der Waals surface area contributed by atoms with E-state index in [9.17, 15) is 8.42 Å². The molecule has 0 radical (unpaired) electrons. The second-order valence-corrected chi connectivity index (χ2v) is 5.53. The Kier molecular flexibility index (Phi) is 2.54. The van der Waals surface area contributed by atoms with E-state index in [1.807, 2.05) is 0 Å². The van der Waals surface area contributed by atoms with Crippen molar-refractivity contribution in [2.45, 2.75) is 25.9 Å². The van der Waals surface area contributed by atoms with Crippen molar-refractivity contribution >= 4 is 9.84 Å². The molecule has 1 unspecified atom stereocenters. The minimum Gasteiger partial charge on any atom is -0.393 e. The standard InChI is InChI=1S/C7H14O3S/c1-6(8)7-2-4-11(9,10)5-3-7/h6-8H,2-5H2,1H3. The van der Waals surface area contributed by atoms with Crippen LogP contribution in [0.3, 0.4) is 0 Å². The molecule has 0 aromatic carbocycles. The third-order valence-corrected chi connectivity index (χ3v) is 4.00. The Morgan fingerprint density at radius 1 is 1.36 bits per heavy atom. The molecule has 0 aliphatic carbocycles. The Balaban J connectivity index is 2.49. The molecule has 3 nitrogen and oxygen atoms in total. The average molecular weight is 178 g/mol. The van der Waals surface area contributed by atoms with Gasteiger partial charge in [0.15, 0.2) is 0 Å². The monoisotopic (exact) mass is 178 g/mol. The van der Waals surface area contributed by atoms with Crippen LogP contribution >= 0.6 is 0 Å². The predicted molar refractivity (Wildman–Crippen MR) is 43.1 cm³/mol. The lowest BCUT2D eigenvalue weighted by atomic mass is 9.97. The van der Waals surface area contributed by atoms with E-state index in [0.29, 0.717) is 12.8 Å². The number of rotatable bonds is 1. The molecule has 1 heterocycles. The van der Waals surface area contributed by atoms with Gasteiger partial charge in [-0.25, -0.2) is 8.42 Å². The summed E-state index contributed by atoms with van der Waals surface area (Å²) in [7, 11) is -2.76. The van der Waals surface area contributed by atoms with Gasteiger partial charge in [0.1, 0.15) is 9.84 Å². The van der Waals surface area contributed by atoms with Gasteiger partial charge in [-0.2, -0.15) is 0 Å². The molecule has 1 N–H and O–H groups in total. The van der Waals surface area contributed by atoms with Gasteiger partial charge in [0, 0.05) is 0 Å². The molecule has 1 rings (SSSR count). The van der Waals surface area contributed by atoms with Gasteiger partial charge in [-0.05, 0) is 25.7 Å². The topological polar surface area (TPSA) is 54.4 Å². The number of sulfone groups is 1. The molecule has 66 valence electrons. The highest BCUT2D eigenvalue weighted by Crippen LogP contribution is 2.21. The summed E-state index contributed by atoms with van der Waals surface area (Å²) in [6, 6.07) is 0. The minimum atomic E-state index is -2.76. The third-order valence-electron chi connectivity index (χ3n) is 2.28. The molecule has 1 aliphatic heterocycles. The Labute approximate surface area is 67.3 Å². The van der Waals surface area contributed by atoms with E-state index in [4.69, 9.17) is 5.11 Å². The van der Waals surface area contributed by atoms with Crippen molar-refractivity contribution in [1.82, 2.24) is 0 Å². The second-order valence-electron chi connectivity index (χ2n) is 3.23. The van der Waals surface area contributed by atoms with Crippen LogP contribution < -0.4 is 0 Å². The van der Waals surface area contributed by atoms with E-state index in [1.165, 1.54) is 0 Å². The van der Waals surface area contributed by atoms with Gasteiger partial charge in [-0.1, -0.05) is 0 Å². The number of aliphatic hydroxyl groups is 1. The Bertz CT molecular complexity index is 204. The first-order valence-corrected chi connectivity index (χ1v) is 5.72. The lowest BCUT2D eigenvalue weighted by molar-refractivity contribution is 0.119. The molecule has 0 spiro atoms. The molecule has 0 amide bonds. The Hall–Kier alpha value is -0.0900. The maximum absolute atomic E-state index is 10.9. The highest BCUT2D eigenvalue weighted by atomic mass is 32.2. The zero-order valence-electron chi connectivity index (χ0n) is 6.66. The summed E-state index contributed by atoms with van der Waals surface area (Å²) in [5.41, 5.74) is 0. The second kappa shape index (κ2) is 3.11. The van der Waals surface area contributed by atoms with E-state index in [1.54, 1.807) is 6.92 Å². The summed E-state index contributed by atoms with van der Waals surface area (Å²) in [6.45, 7) is 1.72. The molecule has 4 heteroatoms. The van der Waals surface area contributed by atoms with E-state index in [2.05, 4.69) is 0 Å². The van der Waals surface area contributed by atoms with Crippen LogP contribution in [-0.2, 0) is 9.84 Å². The highest BCUT2D eigenvalue weighted by Gasteiger charge is 2.25. The fraction of sp³-hybridized carbons (Fsp3) is 1.00. The minimum absolute atomic E-state index is 0.193. The maximum Gasteiger partial charge on any atom is 0.150 e. The van der Waals surface area contributed by atoms with Crippen LogP contribution in [0.2, 0.25) is 0 Å². The molecule has 1 fully saturated rings. The summed E-state index contributed by atoms with van der Waals surface area (Å²) < 4.78 is 21.9. The molecular weight excluding hydrogens is 164 g/mol. The fourth-order valence-corrected chi connectivity index (χ4v) is 2.92. The normalized spacial score (nSPS) is 28.2. The van der Waals surface area contributed by atoms with Crippen molar-refractivity contribution in [3.63, 3.8) is 0 Å². The summed E-state index contributed by atoms with van der Waals surface area (Å²) in [5, 5.41) is 9.15. The van der Waals surface area contributed by atoms with Gasteiger partial charge in [0.05, 0.1) is 17.6 Å². The molecule has 0 aromatic rings. The van der Waals surface area contributed by atoms with E-state index >= 15 is 0 Å². The number of hydrogen-bond acceptors (Lipinski definition) is 3. The molecule has 11 heavy (non-hydrogen) atoms. The van der Waals surface area contributed by atoms with Crippen LogP contribution in [0.1, 0.15) is 19.8 Å². The van der Waals surface area contributed by atoms with Gasteiger partial charge in [-0.15, -0.1) is 0 Å². The van der Waals surface area contributed by atoms with Crippen molar-refractivity contribution < 1.29 is 13.5 Å². The van der Waals surface area contributed by atoms with Gasteiger partial charge < -0.3 is 5.11 Å².